The van der Waals surface area contributed by atoms with Crippen molar-refractivity contribution in [1.82, 2.24) is 4.98 Å². The highest BCUT2D eigenvalue weighted by Crippen LogP contribution is 2.34. The molecule has 0 spiro atoms. The summed E-state index contributed by atoms with van der Waals surface area (Å²) in [5.74, 6) is 0. The molecule has 0 saturated carbocycles. The number of aromatic nitrogens is 1. The van der Waals surface area contributed by atoms with Gasteiger partial charge in [-0.15, -0.1) is 0 Å². The van der Waals surface area contributed by atoms with E-state index >= 15 is 0 Å². The lowest BCUT2D eigenvalue weighted by atomic mass is 10.1. The van der Waals surface area contributed by atoms with Crippen molar-refractivity contribution in [1.29, 1.82) is 0 Å². The van der Waals surface area contributed by atoms with Gasteiger partial charge in [0.1, 0.15) is 0 Å². The van der Waals surface area contributed by atoms with Gasteiger partial charge < -0.3 is 5.73 Å². The SMILES string of the molecule is Nc1cc(-c2ccccc2)nc2c(Cl)ccc(Cl)c12. The standard InChI is InChI=1S/C15H10Cl2N2/c16-10-6-7-11(17)15-14(10)12(18)8-13(19-15)9-4-2-1-3-5-9/h1-8H,(H2,18,19). The summed E-state index contributed by atoms with van der Waals surface area (Å²) >= 11 is 12.3. The van der Waals surface area contributed by atoms with Crippen molar-refractivity contribution in [2.45, 2.75) is 0 Å². The molecule has 2 nitrogen and oxygen atoms in total. The monoisotopic (exact) mass is 288 g/mol. The Bertz CT molecular complexity index is 755. The molecule has 4 heteroatoms. The van der Waals surface area contributed by atoms with Crippen LogP contribution in [0.25, 0.3) is 22.2 Å². The molecule has 0 radical (unpaired) electrons. The zero-order valence-corrected chi connectivity index (χ0v) is 11.4. The molecule has 0 saturated heterocycles. The number of hydrogen-bond donors (Lipinski definition) is 1. The van der Waals surface area contributed by atoms with Crippen molar-refractivity contribution in [3.8, 4) is 11.3 Å². The van der Waals surface area contributed by atoms with Crippen LogP contribution in [0.2, 0.25) is 10.0 Å². The minimum Gasteiger partial charge on any atom is -0.398 e. The highest BCUT2D eigenvalue weighted by molar-refractivity contribution is 6.40. The average molecular weight is 289 g/mol. The lowest BCUT2D eigenvalue weighted by molar-refractivity contribution is 1.40. The van der Waals surface area contributed by atoms with Gasteiger partial charge in [-0.2, -0.15) is 0 Å². The predicted molar refractivity (Wildman–Crippen MR) is 81.6 cm³/mol. The van der Waals surface area contributed by atoms with Crippen LogP contribution < -0.4 is 5.73 Å². The smallest absolute Gasteiger partial charge is 0.0931 e. The molecule has 1 aromatic heterocycles. The summed E-state index contributed by atoms with van der Waals surface area (Å²) in [5.41, 5.74) is 9.07. The van der Waals surface area contributed by atoms with Crippen LogP contribution in [0.4, 0.5) is 5.69 Å². The van der Waals surface area contributed by atoms with Crippen molar-refractivity contribution >= 4 is 39.8 Å². The summed E-state index contributed by atoms with van der Waals surface area (Å²) in [6.45, 7) is 0. The topological polar surface area (TPSA) is 38.9 Å². The molecule has 3 rings (SSSR count). The third-order valence-electron chi connectivity index (χ3n) is 2.96. The summed E-state index contributed by atoms with van der Waals surface area (Å²) in [6, 6.07) is 15.1. The molecule has 0 aliphatic carbocycles. The second-order valence-corrected chi connectivity index (χ2v) is 5.03. The Hall–Kier alpha value is -1.77. The first-order valence-corrected chi connectivity index (χ1v) is 6.52. The van der Waals surface area contributed by atoms with Gasteiger partial charge in [-0.1, -0.05) is 53.5 Å². The van der Waals surface area contributed by atoms with Gasteiger partial charge in [-0.25, -0.2) is 4.98 Å². The highest BCUT2D eigenvalue weighted by Gasteiger charge is 2.11. The molecule has 2 N–H and O–H groups in total. The molecule has 1 heterocycles. The van der Waals surface area contributed by atoms with Crippen LogP contribution in [-0.2, 0) is 0 Å². The van der Waals surface area contributed by atoms with Crippen LogP contribution in [0.1, 0.15) is 0 Å². The lowest BCUT2D eigenvalue weighted by Crippen LogP contribution is -1.94. The van der Waals surface area contributed by atoms with E-state index in [1.165, 1.54) is 0 Å². The molecule has 0 bridgehead atoms. The number of benzene rings is 2. The van der Waals surface area contributed by atoms with Crippen LogP contribution in [0.3, 0.4) is 0 Å². The second kappa shape index (κ2) is 4.72. The fourth-order valence-corrected chi connectivity index (χ4v) is 2.52. The number of rotatable bonds is 1. The van der Waals surface area contributed by atoms with Crippen molar-refractivity contribution in [3.63, 3.8) is 0 Å². The van der Waals surface area contributed by atoms with Crippen molar-refractivity contribution in [2.75, 3.05) is 5.73 Å². The molecule has 94 valence electrons. The third-order valence-corrected chi connectivity index (χ3v) is 3.58. The number of fused-ring (bicyclic) bond motifs is 1. The molecule has 2 aromatic carbocycles. The van der Waals surface area contributed by atoms with Gasteiger partial charge in [0.25, 0.3) is 0 Å². The maximum absolute atomic E-state index is 6.18. The Labute approximate surface area is 120 Å². The zero-order valence-electron chi connectivity index (χ0n) is 9.90. The van der Waals surface area contributed by atoms with Crippen molar-refractivity contribution in [2.24, 2.45) is 0 Å². The van der Waals surface area contributed by atoms with E-state index in [1.54, 1.807) is 12.1 Å². The molecule has 0 unspecified atom stereocenters. The number of nitrogens with two attached hydrogens (primary N) is 1. The van der Waals surface area contributed by atoms with Gasteiger partial charge in [-0.3, -0.25) is 0 Å². The van der Waals surface area contributed by atoms with Gasteiger partial charge in [0, 0.05) is 16.6 Å². The number of anilines is 1. The van der Waals surface area contributed by atoms with E-state index in [1.807, 2.05) is 36.4 Å². The molecular formula is C15H10Cl2N2. The van der Waals surface area contributed by atoms with E-state index in [0.29, 0.717) is 26.6 Å². The van der Waals surface area contributed by atoms with E-state index in [0.717, 1.165) is 11.3 Å². The number of nitrogens with zero attached hydrogens (tertiary/aromatic N) is 1. The first-order valence-electron chi connectivity index (χ1n) is 5.76. The lowest BCUT2D eigenvalue weighted by Gasteiger charge is -2.09. The van der Waals surface area contributed by atoms with Crippen LogP contribution in [-0.4, -0.2) is 4.98 Å². The fraction of sp³-hybridized carbons (Fsp3) is 0. The zero-order chi connectivity index (χ0) is 13.4. The maximum Gasteiger partial charge on any atom is 0.0931 e. The van der Waals surface area contributed by atoms with Crippen LogP contribution in [0.15, 0.2) is 48.5 Å². The van der Waals surface area contributed by atoms with Gasteiger partial charge in [0.05, 0.1) is 21.3 Å². The first kappa shape index (κ1) is 12.3. The number of pyridine rings is 1. The molecule has 19 heavy (non-hydrogen) atoms. The molecule has 3 aromatic rings. The second-order valence-electron chi connectivity index (χ2n) is 4.22. The van der Waals surface area contributed by atoms with Gasteiger partial charge in [0.15, 0.2) is 0 Å². The predicted octanol–water partition coefficient (Wildman–Crippen LogP) is 4.79. The Morgan fingerprint density at radius 3 is 2.32 bits per heavy atom. The molecule has 0 fully saturated rings. The summed E-state index contributed by atoms with van der Waals surface area (Å²) in [5, 5.41) is 1.81. The highest BCUT2D eigenvalue weighted by atomic mass is 35.5. The van der Waals surface area contributed by atoms with Crippen LogP contribution in [0, 0.1) is 0 Å². The number of hydrogen-bond acceptors (Lipinski definition) is 2. The van der Waals surface area contributed by atoms with E-state index in [4.69, 9.17) is 28.9 Å². The average Bonchev–Trinajstić information content (AvgIpc) is 2.43. The molecule has 0 atom stereocenters. The van der Waals surface area contributed by atoms with Gasteiger partial charge in [-0.05, 0) is 18.2 Å². The van der Waals surface area contributed by atoms with Crippen molar-refractivity contribution < 1.29 is 0 Å². The quantitative estimate of drug-likeness (QED) is 0.699. The van der Waals surface area contributed by atoms with Crippen molar-refractivity contribution in [3.05, 3.63) is 58.6 Å². The van der Waals surface area contributed by atoms with Gasteiger partial charge >= 0.3 is 0 Å². The van der Waals surface area contributed by atoms with E-state index < -0.39 is 0 Å². The Morgan fingerprint density at radius 2 is 1.58 bits per heavy atom. The minimum atomic E-state index is 0.545. The Kier molecular flexibility index (Phi) is 3.05. The Morgan fingerprint density at radius 1 is 0.895 bits per heavy atom. The van der Waals surface area contributed by atoms with Crippen LogP contribution >= 0.6 is 23.2 Å². The minimum absolute atomic E-state index is 0.545. The van der Waals surface area contributed by atoms with Crippen LogP contribution in [0.5, 0.6) is 0 Å². The number of nitrogen functional groups attached to an aromatic ring is 1. The molecular weight excluding hydrogens is 279 g/mol. The van der Waals surface area contributed by atoms with E-state index in [2.05, 4.69) is 4.98 Å². The maximum atomic E-state index is 6.18. The van der Waals surface area contributed by atoms with E-state index in [9.17, 15) is 0 Å². The normalized spacial score (nSPS) is 10.8. The molecule has 0 aliphatic rings. The summed E-state index contributed by atoms with van der Waals surface area (Å²) in [6.07, 6.45) is 0. The fourth-order valence-electron chi connectivity index (χ4n) is 2.05. The largest absolute Gasteiger partial charge is 0.398 e. The summed E-state index contributed by atoms with van der Waals surface area (Å²) in [7, 11) is 0. The first-order chi connectivity index (χ1) is 9.16. The van der Waals surface area contributed by atoms with E-state index in [-0.39, 0.29) is 0 Å². The Balaban J connectivity index is 2.34. The summed E-state index contributed by atoms with van der Waals surface area (Å²) < 4.78 is 0. The van der Waals surface area contributed by atoms with Gasteiger partial charge in [0.2, 0.25) is 0 Å². The summed E-state index contributed by atoms with van der Waals surface area (Å²) in [4.78, 5) is 4.57. The third kappa shape index (κ3) is 2.14. The molecule has 0 amide bonds. The number of halogens is 2. The molecule has 0 aliphatic heterocycles.